The Balaban J connectivity index is 1.61. The third-order valence-electron chi connectivity index (χ3n) is 4.28. The van der Waals surface area contributed by atoms with E-state index in [-0.39, 0.29) is 5.56 Å². The van der Waals surface area contributed by atoms with E-state index in [1.165, 1.54) is 16.0 Å². The van der Waals surface area contributed by atoms with Crippen LogP contribution in [0, 0.1) is 0 Å². The Morgan fingerprint density at radius 3 is 3.00 bits per heavy atom. The summed E-state index contributed by atoms with van der Waals surface area (Å²) in [6.07, 6.45) is 6.15. The van der Waals surface area contributed by atoms with E-state index in [0.717, 1.165) is 31.4 Å². The lowest BCUT2D eigenvalue weighted by Gasteiger charge is -2.03. The van der Waals surface area contributed by atoms with Crippen LogP contribution in [0.2, 0.25) is 0 Å². The van der Waals surface area contributed by atoms with Gasteiger partial charge in [0.05, 0.1) is 29.7 Å². The predicted molar refractivity (Wildman–Crippen MR) is 101 cm³/mol. The topological polar surface area (TPSA) is 90.3 Å². The predicted octanol–water partition coefficient (Wildman–Crippen LogP) is 2.74. The van der Waals surface area contributed by atoms with Gasteiger partial charge in [-0.15, -0.1) is 22.7 Å². The van der Waals surface area contributed by atoms with E-state index in [2.05, 4.69) is 20.3 Å². The maximum Gasteiger partial charge on any atom is 0.291 e. The van der Waals surface area contributed by atoms with E-state index < -0.39 is 0 Å². The lowest BCUT2D eigenvalue weighted by Crippen LogP contribution is -2.24. The highest BCUT2D eigenvalue weighted by atomic mass is 32.1. The van der Waals surface area contributed by atoms with E-state index in [1.807, 2.05) is 23.1 Å². The monoisotopic (exact) mass is 383 g/mol. The second-order valence-corrected chi connectivity index (χ2v) is 7.97. The van der Waals surface area contributed by atoms with Crippen molar-refractivity contribution in [3.8, 4) is 0 Å². The zero-order valence-electron chi connectivity index (χ0n) is 13.8. The Morgan fingerprint density at radius 2 is 2.23 bits per heavy atom. The average Bonchev–Trinajstić information content (AvgIpc) is 3.39. The molecule has 0 aliphatic carbocycles. The standard InChI is InChI=1S/C16H13N7OS2/c1-22-13-10(7-19-23(16(13)24)8-12-17-4-5-25-12)14-15(22)20-11(26-14)6-9-2-3-18-21-9/h2,4-5,7H,3,6,8H2,1H3. The summed E-state index contributed by atoms with van der Waals surface area (Å²) in [5.41, 5.74) is 2.25. The Kier molecular flexibility index (Phi) is 3.54. The van der Waals surface area contributed by atoms with Gasteiger partial charge in [-0.2, -0.15) is 15.3 Å². The summed E-state index contributed by atoms with van der Waals surface area (Å²) < 4.78 is 4.30. The molecule has 10 heteroatoms. The SMILES string of the molecule is Cn1c2nc(CC3=CCN=N3)sc2c2cnn(Cc3nccs3)c(=O)c21. The molecule has 5 rings (SSSR count). The zero-order chi connectivity index (χ0) is 17.7. The maximum absolute atomic E-state index is 12.9. The van der Waals surface area contributed by atoms with Gasteiger partial charge in [0.15, 0.2) is 5.65 Å². The number of rotatable bonds is 4. The van der Waals surface area contributed by atoms with Gasteiger partial charge in [0, 0.05) is 30.4 Å². The number of hydrogen-bond acceptors (Lipinski definition) is 8. The van der Waals surface area contributed by atoms with Gasteiger partial charge >= 0.3 is 0 Å². The minimum atomic E-state index is -0.126. The lowest BCUT2D eigenvalue weighted by atomic mass is 10.3. The van der Waals surface area contributed by atoms with Crippen LogP contribution >= 0.6 is 22.7 Å². The Morgan fingerprint density at radius 1 is 1.31 bits per heavy atom. The van der Waals surface area contributed by atoms with Crippen LogP contribution in [0.25, 0.3) is 21.3 Å². The molecule has 0 aromatic carbocycles. The van der Waals surface area contributed by atoms with Gasteiger partial charge in [-0.3, -0.25) is 4.79 Å². The molecule has 130 valence electrons. The Hall–Kier alpha value is -2.72. The second kappa shape index (κ2) is 5.92. The largest absolute Gasteiger partial charge is 0.323 e. The molecule has 0 amide bonds. The summed E-state index contributed by atoms with van der Waals surface area (Å²) in [6, 6.07) is 0. The van der Waals surface area contributed by atoms with Crippen molar-refractivity contribution in [2.75, 3.05) is 6.54 Å². The van der Waals surface area contributed by atoms with Crippen LogP contribution in [0.15, 0.2) is 44.6 Å². The van der Waals surface area contributed by atoms with Crippen LogP contribution in [0.5, 0.6) is 0 Å². The quantitative estimate of drug-likeness (QED) is 0.542. The molecule has 1 aliphatic heterocycles. The lowest BCUT2D eigenvalue weighted by molar-refractivity contribution is 0.641. The van der Waals surface area contributed by atoms with Crippen LogP contribution < -0.4 is 5.56 Å². The van der Waals surface area contributed by atoms with Gasteiger partial charge < -0.3 is 4.57 Å². The van der Waals surface area contributed by atoms with E-state index >= 15 is 0 Å². The van der Waals surface area contributed by atoms with Gasteiger partial charge in [-0.05, 0) is 6.08 Å². The minimum Gasteiger partial charge on any atom is -0.323 e. The number of hydrogen-bond donors (Lipinski definition) is 0. The number of aromatic nitrogens is 5. The number of azo groups is 1. The van der Waals surface area contributed by atoms with Crippen molar-refractivity contribution in [2.24, 2.45) is 17.3 Å². The number of allylic oxidation sites excluding steroid dienone is 1. The van der Waals surface area contributed by atoms with Gasteiger partial charge in [0.2, 0.25) is 0 Å². The second-order valence-electron chi connectivity index (χ2n) is 5.91. The summed E-state index contributed by atoms with van der Waals surface area (Å²) in [5, 5.41) is 17.0. The van der Waals surface area contributed by atoms with Crippen LogP contribution in [-0.4, -0.2) is 30.9 Å². The summed E-state index contributed by atoms with van der Waals surface area (Å²) in [5.74, 6) is 0. The van der Waals surface area contributed by atoms with Crippen LogP contribution in [-0.2, 0) is 20.0 Å². The van der Waals surface area contributed by atoms with E-state index in [9.17, 15) is 4.79 Å². The molecule has 0 unspecified atom stereocenters. The van der Waals surface area contributed by atoms with Crippen LogP contribution in [0.3, 0.4) is 0 Å². The normalized spacial score (nSPS) is 14.0. The summed E-state index contributed by atoms with van der Waals surface area (Å²) in [6.45, 7) is 1.02. The summed E-state index contributed by atoms with van der Waals surface area (Å²) >= 11 is 3.09. The highest BCUT2D eigenvalue weighted by molar-refractivity contribution is 7.19. The fourth-order valence-electron chi connectivity index (χ4n) is 3.06. The first-order valence-electron chi connectivity index (χ1n) is 7.99. The van der Waals surface area contributed by atoms with Gasteiger partial charge in [0.1, 0.15) is 15.5 Å². The molecule has 1 aliphatic rings. The molecular weight excluding hydrogens is 370 g/mol. The van der Waals surface area contributed by atoms with Crippen molar-refractivity contribution < 1.29 is 0 Å². The van der Waals surface area contributed by atoms with E-state index in [1.54, 1.807) is 23.7 Å². The van der Waals surface area contributed by atoms with Crippen molar-refractivity contribution in [1.82, 2.24) is 24.3 Å². The number of thiazole rings is 2. The molecule has 0 atom stereocenters. The fourth-order valence-corrected chi connectivity index (χ4v) is 4.78. The Bertz CT molecular complexity index is 1240. The molecule has 0 radical (unpaired) electrons. The van der Waals surface area contributed by atoms with Crippen molar-refractivity contribution in [1.29, 1.82) is 0 Å². The number of aryl methyl sites for hydroxylation is 1. The van der Waals surface area contributed by atoms with Gasteiger partial charge in [-0.25, -0.2) is 14.6 Å². The van der Waals surface area contributed by atoms with Crippen LogP contribution in [0.1, 0.15) is 10.0 Å². The third-order valence-corrected chi connectivity index (χ3v) is 6.12. The van der Waals surface area contributed by atoms with Crippen molar-refractivity contribution in [3.63, 3.8) is 0 Å². The highest BCUT2D eigenvalue weighted by Crippen LogP contribution is 2.32. The average molecular weight is 383 g/mol. The van der Waals surface area contributed by atoms with Crippen molar-refractivity contribution in [2.45, 2.75) is 13.0 Å². The third kappa shape index (κ3) is 2.41. The van der Waals surface area contributed by atoms with E-state index in [0.29, 0.717) is 25.0 Å². The zero-order valence-corrected chi connectivity index (χ0v) is 15.4. The minimum absolute atomic E-state index is 0.126. The first kappa shape index (κ1) is 15.5. The molecule has 4 aromatic heterocycles. The molecule has 0 N–H and O–H groups in total. The molecule has 5 heterocycles. The molecule has 26 heavy (non-hydrogen) atoms. The molecule has 8 nitrogen and oxygen atoms in total. The first-order valence-corrected chi connectivity index (χ1v) is 9.69. The molecule has 0 saturated carbocycles. The molecule has 0 fully saturated rings. The van der Waals surface area contributed by atoms with Crippen LogP contribution in [0.4, 0.5) is 0 Å². The first-order chi connectivity index (χ1) is 12.7. The molecule has 0 saturated heterocycles. The molecule has 0 spiro atoms. The smallest absolute Gasteiger partial charge is 0.291 e. The van der Waals surface area contributed by atoms with Gasteiger partial charge in [0.25, 0.3) is 5.56 Å². The Labute approximate surface area is 155 Å². The maximum atomic E-state index is 12.9. The van der Waals surface area contributed by atoms with Crippen molar-refractivity contribution >= 4 is 43.9 Å². The molecular formula is C16H13N7OS2. The molecule has 4 aromatic rings. The van der Waals surface area contributed by atoms with Crippen molar-refractivity contribution in [3.05, 3.63) is 49.9 Å². The number of fused-ring (bicyclic) bond motifs is 3. The van der Waals surface area contributed by atoms with Gasteiger partial charge in [-0.1, -0.05) is 0 Å². The summed E-state index contributed by atoms with van der Waals surface area (Å²) in [7, 11) is 1.87. The highest BCUT2D eigenvalue weighted by Gasteiger charge is 2.19. The number of nitrogens with zero attached hydrogens (tertiary/aromatic N) is 7. The summed E-state index contributed by atoms with van der Waals surface area (Å²) in [4.78, 5) is 21.8. The molecule has 0 bridgehead atoms. The fraction of sp³-hybridized carbons (Fsp3) is 0.250. The van der Waals surface area contributed by atoms with E-state index in [4.69, 9.17) is 4.98 Å².